The van der Waals surface area contributed by atoms with Crippen molar-refractivity contribution in [2.75, 3.05) is 11.3 Å². The molecule has 10 nitrogen and oxygen atoms in total. The van der Waals surface area contributed by atoms with E-state index in [0.29, 0.717) is 46.5 Å². The lowest BCUT2D eigenvalue weighted by molar-refractivity contribution is 0.0731. The number of nitrogens with zero attached hydrogens (tertiary/aromatic N) is 3. The average molecular weight is 866 g/mol. The molecule has 0 atom stereocenters. The van der Waals surface area contributed by atoms with Crippen LogP contribution in [0.5, 0.6) is 11.5 Å². The maximum atomic E-state index is 14.5. The van der Waals surface area contributed by atoms with Gasteiger partial charge in [0.2, 0.25) is 0 Å². The molecule has 5 aromatic rings. The number of aryl methyl sites for hydroxylation is 2. The summed E-state index contributed by atoms with van der Waals surface area (Å²) in [7, 11) is -4.14. The zero-order chi connectivity index (χ0) is 46.0. The van der Waals surface area contributed by atoms with E-state index in [9.17, 15) is 13.2 Å². The lowest BCUT2D eigenvalue weighted by Crippen LogP contribution is -2.25. The highest BCUT2D eigenvalue weighted by molar-refractivity contribution is 7.92. The van der Waals surface area contributed by atoms with Crippen LogP contribution >= 0.6 is 0 Å². The summed E-state index contributed by atoms with van der Waals surface area (Å²) >= 11 is 0. The van der Waals surface area contributed by atoms with Crippen LogP contribution < -0.4 is 14.2 Å². The Bertz CT molecular complexity index is 2490. The molecular formula is C51H71N5O5S. The van der Waals surface area contributed by atoms with E-state index in [1.54, 1.807) is 22.8 Å². The molecule has 2 N–H and O–H groups in total. The third-order valence-corrected chi connectivity index (χ3v) is 12.7. The number of ether oxygens (including phenoxy) is 2. The molecule has 2 heterocycles. The fourth-order valence-corrected chi connectivity index (χ4v) is 9.63. The molecule has 0 fully saturated rings. The van der Waals surface area contributed by atoms with Crippen LogP contribution in [0.3, 0.4) is 0 Å². The lowest BCUT2D eigenvalue weighted by atomic mass is 9.72. The van der Waals surface area contributed by atoms with Gasteiger partial charge in [-0.25, -0.2) is 22.7 Å². The second kappa shape index (κ2) is 18.4. The molecular weight excluding hydrogens is 795 g/mol. The van der Waals surface area contributed by atoms with Crippen LogP contribution in [-0.4, -0.2) is 42.3 Å². The highest BCUT2D eigenvalue weighted by Gasteiger charge is 2.33. The van der Waals surface area contributed by atoms with Crippen molar-refractivity contribution in [2.24, 2.45) is 10.4 Å². The predicted molar refractivity (Wildman–Crippen MR) is 256 cm³/mol. The first-order valence-corrected chi connectivity index (χ1v) is 23.6. The summed E-state index contributed by atoms with van der Waals surface area (Å²) < 4.78 is 46.2. The number of anilines is 1. The van der Waals surface area contributed by atoms with Gasteiger partial charge in [0, 0.05) is 16.7 Å². The number of rotatable bonds is 17. The second-order valence-electron chi connectivity index (χ2n) is 20.9. The normalized spacial score (nSPS) is 12.8. The summed E-state index contributed by atoms with van der Waals surface area (Å²) in [6.45, 7) is 33.8. The van der Waals surface area contributed by atoms with Gasteiger partial charge in [0.15, 0.2) is 11.5 Å². The number of carbonyl (C=O) groups is 1. The molecule has 0 unspecified atom stereocenters. The predicted octanol–water partition coefficient (Wildman–Crippen LogP) is 13.3. The number of sulfonamides is 1. The van der Waals surface area contributed by atoms with Crippen molar-refractivity contribution in [2.45, 2.75) is 163 Å². The third-order valence-electron chi connectivity index (χ3n) is 11.3. The van der Waals surface area contributed by atoms with E-state index >= 15 is 0 Å². The second-order valence-corrected chi connectivity index (χ2v) is 22.6. The van der Waals surface area contributed by atoms with Crippen molar-refractivity contribution in [3.8, 4) is 22.9 Å². The van der Waals surface area contributed by atoms with Gasteiger partial charge in [-0.05, 0) is 84.4 Å². The number of esters is 1. The van der Waals surface area contributed by atoms with Crippen molar-refractivity contribution in [1.82, 2.24) is 14.6 Å². The Morgan fingerprint density at radius 3 is 2.08 bits per heavy atom. The van der Waals surface area contributed by atoms with Crippen molar-refractivity contribution in [1.29, 1.82) is 0 Å². The van der Waals surface area contributed by atoms with E-state index in [1.807, 2.05) is 31.2 Å². The first-order chi connectivity index (χ1) is 28.8. The number of H-pyrrole nitrogens is 1. The summed E-state index contributed by atoms with van der Waals surface area (Å²) in [5, 5.41) is 3.25. The number of aromatic nitrogens is 3. The van der Waals surface area contributed by atoms with Crippen molar-refractivity contribution in [3.63, 3.8) is 0 Å². The summed E-state index contributed by atoms with van der Waals surface area (Å²) in [6.07, 6.45) is 9.10. The van der Waals surface area contributed by atoms with Crippen LogP contribution in [0.2, 0.25) is 0 Å². The van der Waals surface area contributed by atoms with E-state index in [-0.39, 0.29) is 32.1 Å². The number of aliphatic imine (C=N–C) groups is 1. The highest BCUT2D eigenvalue weighted by Crippen LogP contribution is 2.43. The maximum absolute atomic E-state index is 14.5. The monoisotopic (exact) mass is 866 g/mol. The van der Waals surface area contributed by atoms with Crippen molar-refractivity contribution < 1.29 is 22.7 Å². The fraction of sp³-hybridized carbons (Fsp3) is 0.510. The van der Waals surface area contributed by atoms with Crippen molar-refractivity contribution >= 4 is 39.7 Å². The molecule has 62 heavy (non-hydrogen) atoms. The zero-order valence-corrected chi connectivity index (χ0v) is 40.7. The Morgan fingerprint density at radius 1 is 0.855 bits per heavy atom. The molecule has 0 saturated heterocycles. The molecule has 0 saturated carbocycles. The van der Waals surface area contributed by atoms with E-state index in [4.69, 9.17) is 14.5 Å². The Balaban J connectivity index is 1.50. The number of carbonyl (C=O) groups excluding carboxylic acids is 1. The maximum Gasteiger partial charge on any atom is 0.349 e. The van der Waals surface area contributed by atoms with Gasteiger partial charge < -0.3 is 9.47 Å². The van der Waals surface area contributed by atoms with Gasteiger partial charge in [0.05, 0.1) is 24.2 Å². The van der Waals surface area contributed by atoms with Crippen LogP contribution in [0.15, 0.2) is 64.6 Å². The number of hydrogen-bond acceptors (Lipinski definition) is 7. The Morgan fingerprint density at radius 2 is 1.48 bits per heavy atom. The number of fused-ring (bicyclic) bond motifs is 1. The minimum Gasteiger partial charge on any atom is -0.492 e. The van der Waals surface area contributed by atoms with Gasteiger partial charge in [-0.2, -0.15) is 0 Å². The van der Waals surface area contributed by atoms with Gasteiger partial charge in [-0.15, -0.1) is 0 Å². The number of nitrogens with one attached hydrogen (secondary N) is 2. The molecule has 11 heteroatoms. The smallest absolute Gasteiger partial charge is 0.349 e. The molecule has 0 aliphatic heterocycles. The van der Waals surface area contributed by atoms with Crippen LogP contribution in [-0.2, 0) is 26.3 Å². The molecule has 3 aromatic carbocycles. The largest absolute Gasteiger partial charge is 0.492 e. The minimum atomic E-state index is -4.14. The molecule has 0 aliphatic rings. The third kappa shape index (κ3) is 11.4. The van der Waals surface area contributed by atoms with Gasteiger partial charge in [-0.1, -0.05) is 151 Å². The summed E-state index contributed by atoms with van der Waals surface area (Å²) in [5.41, 5.74) is 5.47. The molecule has 0 radical (unpaired) electrons. The SMILES string of the molecule is C=Nc1cn2[nH]c(-c3ccc(C)c(NS(=O)(=O)c4cc(C(C)(C)CC(C)(C)C)ccc4OCCCCCCCC)c3)nc2c1C(=O)Oc1c(C(C)(C)C)cc(C)cc1C(C)(C)C. The topological polar surface area (TPSA) is 127 Å². The molecule has 0 bridgehead atoms. The Labute approximate surface area is 371 Å². The summed E-state index contributed by atoms with van der Waals surface area (Å²) in [4.78, 5) is 23.4. The van der Waals surface area contributed by atoms with Crippen LogP contribution in [0.25, 0.3) is 17.0 Å². The summed E-state index contributed by atoms with van der Waals surface area (Å²) in [6, 6.07) is 15.2. The van der Waals surface area contributed by atoms with Crippen LogP contribution in [0, 0.1) is 19.3 Å². The minimum absolute atomic E-state index is 0.0285. The first-order valence-electron chi connectivity index (χ1n) is 22.1. The molecule has 0 aliphatic carbocycles. The summed E-state index contributed by atoms with van der Waals surface area (Å²) in [5.74, 6) is 0.672. The zero-order valence-electron chi connectivity index (χ0n) is 39.9. The molecule has 0 amide bonds. The van der Waals surface area contributed by atoms with E-state index in [0.717, 1.165) is 53.5 Å². The average Bonchev–Trinajstić information content (AvgIpc) is 3.72. The fourth-order valence-electron chi connectivity index (χ4n) is 8.34. The van der Waals surface area contributed by atoms with E-state index < -0.39 is 16.0 Å². The molecule has 336 valence electrons. The number of hydrogen-bond donors (Lipinski definition) is 2. The van der Waals surface area contributed by atoms with Gasteiger partial charge in [0.25, 0.3) is 10.0 Å². The van der Waals surface area contributed by atoms with E-state index in [2.05, 4.69) is 124 Å². The number of benzene rings is 3. The van der Waals surface area contributed by atoms with Crippen LogP contribution in [0.1, 0.15) is 166 Å². The molecule has 5 rings (SSSR count). The first kappa shape index (κ1) is 48.1. The number of aromatic amines is 1. The standard InChI is InChI=1S/C51H71N5O5S/c1-16-17-18-19-20-21-26-60-41-25-24-36(51(13,14)32-48(4,5)6)30-42(41)62(58,59)55-39-29-35(23-22-34(39)3)45-53-46-43(40(52-15)31-56(46)54-45)47(57)61-44-37(49(7,8)9)27-33(2)28-38(44)50(10,11)12/h22-25,27-31,55H,15-21,26,32H2,1-14H3,(H,53,54). The van der Waals surface area contributed by atoms with Gasteiger partial charge in [-0.3, -0.25) is 14.8 Å². The Kier molecular flexibility index (Phi) is 14.3. The quantitative estimate of drug-likeness (QED) is 0.0415. The highest BCUT2D eigenvalue weighted by atomic mass is 32.2. The van der Waals surface area contributed by atoms with Crippen LogP contribution in [0.4, 0.5) is 11.4 Å². The van der Waals surface area contributed by atoms with Crippen molar-refractivity contribution in [3.05, 3.63) is 88.1 Å². The van der Waals surface area contributed by atoms with Gasteiger partial charge >= 0.3 is 5.97 Å². The molecule has 0 spiro atoms. The number of unbranched alkanes of at least 4 members (excludes halogenated alkanes) is 5. The molecule has 2 aromatic heterocycles. The lowest BCUT2D eigenvalue weighted by Gasteiger charge is -2.33. The van der Waals surface area contributed by atoms with E-state index in [1.165, 1.54) is 19.3 Å². The Hall–Kier alpha value is -4.90. The van der Waals surface area contributed by atoms with Gasteiger partial charge in [0.1, 0.15) is 22.0 Å².